The fourth-order valence-corrected chi connectivity index (χ4v) is 2.15. The van der Waals surface area contributed by atoms with Crippen molar-refractivity contribution in [2.24, 2.45) is 0 Å². The summed E-state index contributed by atoms with van der Waals surface area (Å²) < 4.78 is 36.8. The Hall–Kier alpha value is -0.760. The first-order valence-corrected chi connectivity index (χ1v) is 5.25. The zero-order chi connectivity index (χ0) is 10.9. The number of thioether (sulfide) groups is 1. The summed E-state index contributed by atoms with van der Waals surface area (Å²) in [6.07, 6.45) is -3.18. The molecule has 1 N–H and O–H groups in total. The maximum absolute atomic E-state index is 12.2. The molecule has 1 aromatic heterocycles. The Morgan fingerprint density at radius 3 is 2.43 bits per heavy atom. The normalized spacial score (nSPS) is 11.7. The number of carboxylic acids is 1. The van der Waals surface area contributed by atoms with Crippen LogP contribution in [0, 0.1) is 0 Å². The molecule has 1 heterocycles. The molecule has 0 spiro atoms. The second-order valence-electron chi connectivity index (χ2n) is 2.16. The Balaban J connectivity index is 3.26. The summed E-state index contributed by atoms with van der Waals surface area (Å²) in [6.45, 7) is 0. The second-order valence-corrected chi connectivity index (χ2v) is 4.22. The first kappa shape index (κ1) is 11.3. The number of alkyl halides is 3. The minimum Gasteiger partial charge on any atom is -0.477 e. The summed E-state index contributed by atoms with van der Waals surface area (Å²) >= 11 is 1.51. The van der Waals surface area contributed by atoms with Gasteiger partial charge in [0, 0.05) is 0 Å². The van der Waals surface area contributed by atoms with Crippen molar-refractivity contribution < 1.29 is 23.1 Å². The predicted octanol–water partition coefficient (Wildman–Crippen LogP) is 2.58. The highest BCUT2D eigenvalue weighted by atomic mass is 32.2. The van der Waals surface area contributed by atoms with E-state index in [1.54, 1.807) is 0 Å². The van der Waals surface area contributed by atoms with Crippen molar-refractivity contribution in [3.05, 3.63) is 10.6 Å². The molecule has 0 aliphatic heterocycles. The molecule has 0 saturated heterocycles. The molecule has 3 nitrogen and oxygen atoms in total. The molecule has 0 aliphatic rings. The largest absolute Gasteiger partial charge is 0.477 e. The molecule has 0 aromatic carbocycles. The van der Waals surface area contributed by atoms with Crippen LogP contribution in [0.3, 0.4) is 0 Å². The minimum absolute atomic E-state index is 0.0923. The van der Waals surface area contributed by atoms with E-state index < -0.39 is 22.7 Å². The second kappa shape index (κ2) is 3.77. The Kier molecular flexibility index (Phi) is 3.05. The van der Waals surface area contributed by atoms with Crippen molar-refractivity contribution in [2.45, 2.75) is 10.5 Å². The number of carboxylic acid groups (broad SMARTS) is 1. The van der Waals surface area contributed by atoms with E-state index in [0.717, 1.165) is 11.8 Å². The molecule has 0 atom stereocenters. The highest BCUT2D eigenvalue weighted by Gasteiger charge is 2.39. The van der Waals surface area contributed by atoms with Gasteiger partial charge in [-0.2, -0.15) is 13.2 Å². The number of aromatic carboxylic acids is 1. The van der Waals surface area contributed by atoms with E-state index in [-0.39, 0.29) is 4.34 Å². The van der Waals surface area contributed by atoms with Crippen LogP contribution in [0.5, 0.6) is 0 Å². The van der Waals surface area contributed by atoms with E-state index in [4.69, 9.17) is 5.11 Å². The van der Waals surface area contributed by atoms with Crippen LogP contribution in [0.2, 0.25) is 0 Å². The topological polar surface area (TPSA) is 50.2 Å². The van der Waals surface area contributed by atoms with Gasteiger partial charge >= 0.3 is 12.1 Å². The number of rotatable bonds is 2. The first-order chi connectivity index (χ1) is 6.36. The Morgan fingerprint density at radius 1 is 1.57 bits per heavy atom. The van der Waals surface area contributed by atoms with E-state index in [9.17, 15) is 18.0 Å². The van der Waals surface area contributed by atoms with Crippen molar-refractivity contribution in [2.75, 3.05) is 6.26 Å². The van der Waals surface area contributed by atoms with Crippen molar-refractivity contribution in [1.82, 2.24) is 4.98 Å². The highest BCUT2D eigenvalue weighted by molar-refractivity contribution is 8.00. The average molecular weight is 243 g/mol. The van der Waals surface area contributed by atoms with E-state index in [0.29, 0.717) is 11.3 Å². The van der Waals surface area contributed by atoms with E-state index in [1.807, 2.05) is 0 Å². The number of aromatic nitrogens is 1. The van der Waals surface area contributed by atoms with Crippen molar-refractivity contribution >= 4 is 29.1 Å². The maximum atomic E-state index is 12.2. The lowest BCUT2D eigenvalue weighted by molar-refractivity contribution is -0.141. The standard InChI is InChI=1S/C6H4F3NO2S2/c1-13-5-10-3(6(7,8)9)2(14-5)4(11)12/h1H3,(H,11,12). The molecular weight excluding hydrogens is 239 g/mol. The Morgan fingerprint density at radius 2 is 2.14 bits per heavy atom. The van der Waals surface area contributed by atoms with E-state index >= 15 is 0 Å². The van der Waals surface area contributed by atoms with Crippen LogP contribution in [0.4, 0.5) is 13.2 Å². The van der Waals surface area contributed by atoms with Crippen molar-refractivity contribution in [3.8, 4) is 0 Å². The molecule has 0 bridgehead atoms. The summed E-state index contributed by atoms with van der Waals surface area (Å²) in [4.78, 5) is 12.9. The summed E-state index contributed by atoms with van der Waals surface area (Å²) in [7, 11) is 0. The number of halogens is 3. The summed E-state index contributed by atoms with van der Waals surface area (Å²) in [5, 5.41) is 8.50. The Bertz CT molecular complexity index is 360. The third-order valence-corrected chi connectivity index (χ3v) is 3.27. The fourth-order valence-electron chi connectivity index (χ4n) is 0.725. The lowest BCUT2D eigenvalue weighted by Gasteiger charge is -2.02. The lowest BCUT2D eigenvalue weighted by Crippen LogP contribution is -2.11. The highest BCUT2D eigenvalue weighted by Crippen LogP contribution is 2.36. The van der Waals surface area contributed by atoms with Gasteiger partial charge in [0.25, 0.3) is 0 Å². The molecule has 1 rings (SSSR count). The third-order valence-electron chi connectivity index (χ3n) is 1.24. The molecule has 78 valence electrons. The zero-order valence-electron chi connectivity index (χ0n) is 6.75. The lowest BCUT2D eigenvalue weighted by atomic mass is 10.3. The molecule has 0 amide bonds. The van der Waals surface area contributed by atoms with E-state index in [1.165, 1.54) is 6.26 Å². The summed E-state index contributed by atoms with van der Waals surface area (Å²) in [6, 6.07) is 0. The molecule has 8 heteroatoms. The number of thiazole rings is 1. The van der Waals surface area contributed by atoms with Crippen LogP contribution in [0.1, 0.15) is 15.4 Å². The van der Waals surface area contributed by atoms with Gasteiger partial charge in [-0.1, -0.05) is 11.8 Å². The average Bonchev–Trinajstić information content (AvgIpc) is 2.46. The van der Waals surface area contributed by atoms with Gasteiger partial charge in [0.15, 0.2) is 10.0 Å². The van der Waals surface area contributed by atoms with Crippen LogP contribution in [0.15, 0.2) is 4.34 Å². The minimum atomic E-state index is -4.71. The fraction of sp³-hybridized carbons (Fsp3) is 0.333. The number of hydrogen-bond acceptors (Lipinski definition) is 4. The molecule has 0 saturated carbocycles. The van der Waals surface area contributed by atoms with E-state index in [2.05, 4.69) is 4.98 Å². The molecule has 0 fully saturated rings. The van der Waals surface area contributed by atoms with Gasteiger partial charge in [0.05, 0.1) is 0 Å². The molecule has 0 radical (unpaired) electrons. The van der Waals surface area contributed by atoms with Gasteiger partial charge < -0.3 is 5.11 Å². The molecule has 14 heavy (non-hydrogen) atoms. The van der Waals surface area contributed by atoms with Crippen LogP contribution in [-0.4, -0.2) is 22.3 Å². The number of carbonyl (C=O) groups is 1. The van der Waals surface area contributed by atoms with Gasteiger partial charge in [-0.25, -0.2) is 9.78 Å². The SMILES string of the molecule is CSc1nc(C(F)(F)F)c(C(=O)O)s1. The molecule has 0 aliphatic carbocycles. The summed E-state index contributed by atoms with van der Waals surface area (Å²) in [5.41, 5.74) is -1.32. The van der Waals surface area contributed by atoms with Gasteiger partial charge in [-0.3, -0.25) is 0 Å². The molecule has 0 unspecified atom stereocenters. The predicted molar refractivity (Wildman–Crippen MR) is 45.9 cm³/mol. The quantitative estimate of drug-likeness (QED) is 0.811. The first-order valence-electron chi connectivity index (χ1n) is 3.21. The maximum Gasteiger partial charge on any atom is 0.435 e. The number of nitrogens with zero attached hydrogens (tertiary/aromatic N) is 1. The van der Waals surface area contributed by atoms with Crippen LogP contribution >= 0.6 is 23.1 Å². The van der Waals surface area contributed by atoms with Crippen LogP contribution in [-0.2, 0) is 6.18 Å². The van der Waals surface area contributed by atoms with Gasteiger partial charge in [0.2, 0.25) is 0 Å². The monoisotopic (exact) mass is 243 g/mol. The van der Waals surface area contributed by atoms with Gasteiger partial charge in [-0.15, -0.1) is 11.3 Å². The molecular formula is C6H4F3NO2S2. The summed E-state index contributed by atoms with van der Waals surface area (Å²) in [5.74, 6) is -1.60. The zero-order valence-corrected chi connectivity index (χ0v) is 8.39. The van der Waals surface area contributed by atoms with Gasteiger partial charge in [-0.05, 0) is 6.26 Å². The van der Waals surface area contributed by atoms with Crippen molar-refractivity contribution in [3.63, 3.8) is 0 Å². The number of hydrogen-bond donors (Lipinski definition) is 1. The Labute approximate surface area is 85.0 Å². The van der Waals surface area contributed by atoms with Gasteiger partial charge in [0.1, 0.15) is 4.88 Å². The third kappa shape index (κ3) is 2.18. The van der Waals surface area contributed by atoms with Crippen LogP contribution in [0.25, 0.3) is 0 Å². The molecule has 1 aromatic rings. The van der Waals surface area contributed by atoms with Crippen molar-refractivity contribution in [1.29, 1.82) is 0 Å². The van der Waals surface area contributed by atoms with Crippen LogP contribution < -0.4 is 0 Å². The smallest absolute Gasteiger partial charge is 0.435 e.